The van der Waals surface area contributed by atoms with Gasteiger partial charge in [-0.1, -0.05) is 58.5 Å². The summed E-state index contributed by atoms with van der Waals surface area (Å²) in [4.78, 5) is -2.60. The van der Waals surface area contributed by atoms with Crippen LogP contribution < -0.4 is 0 Å². The first-order chi connectivity index (χ1) is 18.6. The standard InChI is InChI=1S/C29H24Cl8N2O/c1-26(2,3)40-23-16-17-21(12-4-6-13(30)7-5-12)38-39(15-10-8-14(31)9-11-15)22(17)18(23)20-19(16)27(34)24(32)25(33)28(20,35)29(27,36)37/h4-11,16,18-20,23-25H,1-3H3/t16-,18-,19?,20?,23-,24?,25?,27+,28?/m1/s1. The van der Waals surface area contributed by atoms with Gasteiger partial charge in [0.15, 0.2) is 4.33 Å². The fraction of sp³-hybridized carbons (Fsp3) is 0.483. The van der Waals surface area contributed by atoms with Crippen molar-refractivity contribution < 1.29 is 4.74 Å². The minimum absolute atomic E-state index is 0.239. The Bertz CT molecular complexity index is 1410. The lowest BCUT2D eigenvalue weighted by Gasteiger charge is -2.44. The van der Waals surface area contributed by atoms with E-state index >= 15 is 0 Å². The third-order valence-corrected chi connectivity index (χ3v) is 14.4. The molecular formula is C29H24Cl8N2O. The molecule has 11 heteroatoms. The number of hydrogen-bond donors (Lipinski definition) is 0. The second-order valence-electron chi connectivity index (χ2n) is 12.3. The number of rotatable bonds is 3. The van der Waals surface area contributed by atoms with Gasteiger partial charge in [0, 0.05) is 33.0 Å². The van der Waals surface area contributed by atoms with Crippen molar-refractivity contribution in [3.05, 3.63) is 69.8 Å². The van der Waals surface area contributed by atoms with E-state index < -0.39 is 30.4 Å². The Morgan fingerprint density at radius 3 is 1.80 bits per heavy atom. The zero-order valence-corrected chi connectivity index (χ0v) is 27.5. The fourth-order valence-electron chi connectivity index (χ4n) is 7.89. The molecule has 212 valence electrons. The van der Waals surface area contributed by atoms with Crippen LogP contribution in [0.15, 0.2) is 48.5 Å². The van der Waals surface area contributed by atoms with Gasteiger partial charge in [0.05, 0.1) is 39.5 Å². The molecule has 4 bridgehead atoms. The molecule has 3 nitrogen and oxygen atoms in total. The van der Waals surface area contributed by atoms with Gasteiger partial charge in [0.1, 0.15) is 9.75 Å². The minimum atomic E-state index is -1.58. The van der Waals surface area contributed by atoms with E-state index in [-0.39, 0.29) is 29.8 Å². The van der Waals surface area contributed by atoms with Gasteiger partial charge in [-0.25, -0.2) is 4.68 Å². The molecule has 5 unspecified atom stereocenters. The first-order valence-corrected chi connectivity index (χ1v) is 16.1. The number of fused-ring (bicyclic) bond motifs is 12. The maximum absolute atomic E-state index is 7.50. The Balaban J connectivity index is 1.53. The highest BCUT2D eigenvalue weighted by Crippen LogP contribution is 2.84. The highest BCUT2D eigenvalue weighted by molar-refractivity contribution is 6.62. The second-order valence-corrected chi connectivity index (χ2v) is 16.6. The molecule has 0 saturated heterocycles. The molecular weight excluding hydrogens is 676 g/mol. The van der Waals surface area contributed by atoms with E-state index in [0.717, 1.165) is 28.2 Å². The lowest BCUT2D eigenvalue weighted by molar-refractivity contribution is -0.0705. The van der Waals surface area contributed by atoms with Gasteiger partial charge in [0.2, 0.25) is 0 Å². The number of alkyl halides is 6. The summed E-state index contributed by atoms with van der Waals surface area (Å²) in [5.74, 6) is -1.12. The molecule has 40 heavy (non-hydrogen) atoms. The maximum atomic E-state index is 7.50. The number of halogens is 8. The molecule has 1 aromatic heterocycles. The van der Waals surface area contributed by atoms with Gasteiger partial charge >= 0.3 is 0 Å². The van der Waals surface area contributed by atoms with Gasteiger partial charge in [-0.15, -0.1) is 46.4 Å². The zero-order valence-electron chi connectivity index (χ0n) is 21.5. The molecule has 0 amide bonds. The van der Waals surface area contributed by atoms with Gasteiger partial charge in [-0.05, 0) is 69.0 Å². The van der Waals surface area contributed by atoms with Crippen LogP contribution in [-0.2, 0) is 4.74 Å². The summed E-state index contributed by atoms with van der Waals surface area (Å²) >= 11 is 55.7. The lowest BCUT2D eigenvalue weighted by Crippen LogP contribution is -2.51. The fourth-order valence-corrected chi connectivity index (χ4v) is 11.6. The van der Waals surface area contributed by atoms with Gasteiger partial charge < -0.3 is 4.74 Å². The van der Waals surface area contributed by atoms with Crippen LogP contribution >= 0.6 is 92.8 Å². The zero-order chi connectivity index (χ0) is 28.7. The van der Waals surface area contributed by atoms with E-state index in [4.69, 9.17) is 103 Å². The van der Waals surface area contributed by atoms with Crippen LogP contribution in [0.25, 0.3) is 16.9 Å². The summed E-state index contributed by atoms with van der Waals surface area (Å²) in [6, 6.07) is 15.2. The molecule has 2 aromatic carbocycles. The topological polar surface area (TPSA) is 27.1 Å². The highest BCUT2D eigenvalue weighted by Gasteiger charge is 2.91. The van der Waals surface area contributed by atoms with E-state index in [2.05, 4.69) is 0 Å². The third-order valence-electron chi connectivity index (χ3n) is 9.15. The molecule has 3 aromatic rings. The predicted octanol–water partition coefficient (Wildman–Crippen LogP) is 9.83. The second kappa shape index (κ2) is 8.99. The minimum Gasteiger partial charge on any atom is -0.371 e. The van der Waals surface area contributed by atoms with Crippen LogP contribution in [0.2, 0.25) is 10.0 Å². The average Bonchev–Trinajstić information content (AvgIpc) is 3.57. The molecule has 3 fully saturated rings. The van der Waals surface area contributed by atoms with Crippen molar-refractivity contribution in [2.75, 3.05) is 0 Å². The van der Waals surface area contributed by atoms with Gasteiger partial charge in [0.25, 0.3) is 0 Å². The van der Waals surface area contributed by atoms with Crippen molar-refractivity contribution in [2.24, 2.45) is 11.8 Å². The summed E-state index contributed by atoms with van der Waals surface area (Å²) in [6.07, 6.45) is -0.279. The molecule has 3 saturated carbocycles. The van der Waals surface area contributed by atoms with Crippen LogP contribution in [-0.4, -0.2) is 46.3 Å². The summed E-state index contributed by atoms with van der Waals surface area (Å²) in [7, 11) is 0. The van der Waals surface area contributed by atoms with Crippen LogP contribution in [0.1, 0.15) is 43.9 Å². The van der Waals surface area contributed by atoms with Crippen molar-refractivity contribution in [2.45, 2.75) is 69.1 Å². The molecule has 9 atom stereocenters. The molecule has 4 aliphatic rings. The largest absolute Gasteiger partial charge is 0.371 e. The van der Waals surface area contributed by atoms with E-state index in [1.807, 2.05) is 74.0 Å². The van der Waals surface area contributed by atoms with Gasteiger partial charge in [-0.2, -0.15) is 5.10 Å². The predicted molar refractivity (Wildman–Crippen MR) is 167 cm³/mol. The maximum Gasteiger partial charge on any atom is 0.159 e. The van der Waals surface area contributed by atoms with Crippen LogP contribution in [0.3, 0.4) is 0 Å². The Kier molecular flexibility index (Phi) is 6.45. The number of nitrogens with zero attached hydrogens (tertiary/aromatic N) is 2. The lowest BCUT2D eigenvalue weighted by atomic mass is 9.69. The first kappa shape index (κ1) is 28.7. The summed E-state index contributed by atoms with van der Waals surface area (Å²) < 4.78 is 7.25. The molecule has 4 aliphatic carbocycles. The monoisotopic (exact) mass is 696 g/mol. The van der Waals surface area contributed by atoms with E-state index in [1.54, 1.807) is 0 Å². The number of benzene rings is 2. The Labute approximate surface area is 273 Å². The van der Waals surface area contributed by atoms with Crippen molar-refractivity contribution in [1.29, 1.82) is 0 Å². The van der Waals surface area contributed by atoms with Crippen molar-refractivity contribution >= 4 is 92.8 Å². The molecule has 0 aliphatic heterocycles. The normalized spacial score (nSPS) is 38.6. The molecule has 7 rings (SSSR count). The molecule has 0 radical (unpaired) electrons. The summed E-state index contributed by atoms with van der Waals surface area (Å²) in [6.45, 7) is 6.13. The molecule has 1 heterocycles. The Hall–Kier alpha value is -0.0700. The van der Waals surface area contributed by atoms with E-state index in [9.17, 15) is 0 Å². The van der Waals surface area contributed by atoms with Crippen LogP contribution in [0.4, 0.5) is 0 Å². The van der Waals surface area contributed by atoms with E-state index in [1.165, 1.54) is 0 Å². The number of aromatic nitrogens is 2. The smallest absolute Gasteiger partial charge is 0.159 e. The van der Waals surface area contributed by atoms with Gasteiger partial charge in [-0.3, -0.25) is 0 Å². The number of hydrogen-bond acceptors (Lipinski definition) is 2. The highest BCUT2D eigenvalue weighted by atomic mass is 35.5. The number of ether oxygens (including phenoxy) is 1. The van der Waals surface area contributed by atoms with Crippen LogP contribution in [0.5, 0.6) is 0 Å². The van der Waals surface area contributed by atoms with E-state index in [0.29, 0.717) is 10.0 Å². The Morgan fingerprint density at radius 2 is 1.27 bits per heavy atom. The quantitative estimate of drug-likeness (QED) is 0.201. The average molecular weight is 700 g/mol. The summed E-state index contributed by atoms with van der Waals surface area (Å²) in [5, 5.41) is 4.93. The Morgan fingerprint density at radius 1 is 0.775 bits per heavy atom. The summed E-state index contributed by atoms with van der Waals surface area (Å²) in [5.41, 5.74) is 4.14. The molecule has 0 spiro atoms. The van der Waals surface area contributed by atoms with Crippen LogP contribution in [0, 0.1) is 11.8 Å². The molecule has 0 N–H and O–H groups in total. The third kappa shape index (κ3) is 3.42. The van der Waals surface area contributed by atoms with Crippen molar-refractivity contribution in [3.63, 3.8) is 0 Å². The van der Waals surface area contributed by atoms with Crippen molar-refractivity contribution in [3.8, 4) is 16.9 Å². The SMILES string of the molecule is CC(C)(C)O[C@@H]1[C@@H]2c3c(-c4ccc(Cl)cc4)nn(-c4ccc(Cl)cc4)c3[C@H]1C1C2[C@]2(Cl)C(Cl)C(Cl)C1(Cl)C2(Cl)Cl. The first-order valence-electron chi connectivity index (χ1n) is 13.0. The van der Waals surface area contributed by atoms with Crippen molar-refractivity contribution in [1.82, 2.24) is 9.78 Å².